The molecule has 0 spiro atoms. The number of carbonyl (C=O) groups is 1. The maximum atomic E-state index is 11.9. The second-order valence-corrected chi connectivity index (χ2v) is 7.58. The minimum absolute atomic E-state index is 0.238. The Bertz CT molecular complexity index is 620. The molecule has 1 saturated heterocycles. The summed E-state index contributed by atoms with van der Waals surface area (Å²) in [5, 5.41) is 0. The Labute approximate surface area is 144 Å². The molecular formula is C19H25BO4. The van der Waals surface area contributed by atoms with Crippen molar-refractivity contribution in [3.8, 4) is 0 Å². The number of hydrogen-bond acceptors (Lipinski definition) is 4. The molecule has 4 nitrogen and oxygen atoms in total. The molecule has 0 radical (unpaired) electrons. The molecule has 1 aliphatic heterocycles. The molecule has 0 amide bonds. The van der Waals surface area contributed by atoms with Crippen molar-refractivity contribution < 1.29 is 18.8 Å². The lowest BCUT2D eigenvalue weighted by Crippen LogP contribution is -2.41. The summed E-state index contributed by atoms with van der Waals surface area (Å²) in [6.45, 7) is 8.69. The molecule has 5 heteroatoms. The Kier molecular flexibility index (Phi) is 4.58. The fourth-order valence-corrected chi connectivity index (χ4v) is 2.89. The lowest BCUT2D eigenvalue weighted by Gasteiger charge is -2.32. The Morgan fingerprint density at radius 3 is 2.33 bits per heavy atom. The van der Waals surface area contributed by atoms with E-state index in [1.54, 1.807) is 12.1 Å². The van der Waals surface area contributed by atoms with Gasteiger partial charge in [-0.1, -0.05) is 24.3 Å². The van der Waals surface area contributed by atoms with Gasteiger partial charge in [0.1, 0.15) is 0 Å². The topological polar surface area (TPSA) is 44.8 Å². The third-order valence-corrected chi connectivity index (χ3v) is 5.23. The van der Waals surface area contributed by atoms with Gasteiger partial charge in [-0.3, -0.25) is 0 Å². The van der Waals surface area contributed by atoms with Crippen molar-refractivity contribution in [2.24, 2.45) is 5.92 Å². The highest BCUT2D eigenvalue weighted by Gasteiger charge is 2.53. The van der Waals surface area contributed by atoms with Crippen molar-refractivity contribution in [3.63, 3.8) is 0 Å². The maximum absolute atomic E-state index is 11.9. The zero-order valence-electron chi connectivity index (χ0n) is 14.9. The predicted octanol–water partition coefficient (Wildman–Crippen LogP) is 3.81. The highest BCUT2D eigenvalue weighted by Crippen LogP contribution is 2.42. The van der Waals surface area contributed by atoms with E-state index in [9.17, 15) is 4.79 Å². The summed E-state index contributed by atoms with van der Waals surface area (Å²) in [6, 6.07) is 9.08. The quantitative estimate of drug-likeness (QED) is 0.609. The largest absolute Gasteiger partial charge is 0.490 e. The van der Waals surface area contributed by atoms with Crippen molar-refractivity contribution in [2.75, 3.05) is 6.61 Å². The molecular weight excluding hydrogens is 303 g/mol. The molecule has 0 saturated carbocycles. The van der Waals surface area contributed by atoms with Gasteiger partial charge in [-0.15, -0.1) is 0 Å². The number of carbonyl (C=O) groups excluding carboxylic acids is 1. The first-order valence-corrected chi connectivity index (χ1v) is 8.57. The van der Waals surface area contributed by atoms with E-state index in [0.717, 1.165) is 12.8 Å². The summed E-state index contributed by atoms with van der Waals surface area (Å²) in [5.74, 6) is 0.174. The summed E-state index contributed by atoms with van der Waals surface area (Å²) in [6.07, 6.45) is 3.97. The smallest absolute Gasteiger partial charge is 0.462 e. The van der Waals surface area contributed by atoms with E-state index in [1.807, 2.05) is 18.2 Å². The minimum atomic E-state index is -0.297. The molecule has 1 fully saturated rings. The molecule has 1 aliphatic carbocycles. The van der Waals surface area contributed by atoms with Gasteiger partial charge >= 0.3 is 13.1 Å². The normalized spacial score (nSPS) is 24.2. The Hall–Kier alpha value is -1.59. The van der Waals surface area contributed by atoms with Crippen LogP contribution in [0.25, 0.3) is 0 Å². The van der Waals surface area contributed by atoms with Crippen LogP contribution in [0.1, 0.15) is 50.9 Å². The second kappa shape index (κ2) is 6.38. The van der Waals surface area contributed by atoms with Crippen LogP contribution >= 0.6 is 0 Å². The summed E-state index contributed by atoms with van der Waals surface area (Å²) in [7, 11) is -0.238. The Morgan fingerprint density at radius 1 is 1.17 bits per heavy atom. The van der Waals surface area contributed by atoms with Crippen molar-refractivity contribution in [2.45, 2.75) is 51.7 Å². The standard InChI is InChI=1S/C19H25BO4/c1-18(2)19(3,4)24-20(23-18)16-12-14(13-16)10-11-22-17(21)15-8-6-5-7-9-15/h5-9,12,14H,10-11,13H2,1-4H3. The number of esters is 1. The summed E-state index contributed by atoms with van der Waals surface area (Å²) < 4.78 is 17.4. The second-order valence-electron chi connectivity index (χ2n) is 7.58. The van der Waals surface area contributed by atoms with Crippen LogP contribution < -0.4 is 0 Å². The number of rotatable bonds is 5. The van der Waals surface area contributed by atoms with Gasteiger partial charge in [0, 0.05) is 0 Å². The predicted molar refractivity (Wildman–Crippen MR) is 93.6 cm³/mol. The van der Waals surface area contributed by atoms with Gasteiger partial charge in [0.2, 0.25) is 0 Å². The Balaban J connectivity index is 1.43. The van der Waals surface area contributed by atoms with Gasteiger partial charge in [0.25, 0.3) is 0 Å². The van der Waals surface area contributed by atoms with Gasteiger partial charge in [-0.2, -0.15) is 0 Å². The number of hydrogen-bond donors (Lipinski definition) is 0. The molecule has 24 heavy (non-hydrogen) atoms. The SMILES string of the molecule is CC1(C)OB(C2=CC(CCOC(=O)c3ccccc3)C2)OC1(C)C. The van der Waals surface area contributed by atoms with Crippen LogP contribution in [-0.4, -0.2) is 30.9 Å². The molecule has 0 aromatic heterocycles. The van der Waals surface area contributed by atoms with Gasteiger partial charge < -0.3 is 14.0 Å². The molecule has 2 aliphatic rings. The third-order valence-electron chi connectivity index (χ3n) is 5.23. The van der Waals surface area contributed by atoms with Gasteiger partial charge in [0.15, 0.2) is 0 Å². The molecule has 3 rings (SSSR count). The first-order valence-electron chi connectivity index (χ1n) is 8.57. The zero-order valence-corrected chi connectivity index (χ0v) is 14.9. The van der Waals surface area contributed by atoms with Crippen molar-refractivity contribution in [1.82, 2.24) is 0 Å². The average molecular weight is 328 g/mol. The van der Waals surface area contributed by atoms with Crippen LogP contribution in [0.2, 0.25) is 0 Å². The van der Waals surface area contributed by atoms with E-state index in [4.69, 9.17) is 14.0 Å². The number of allylic oxidation sites excluding steroid dienone is 2. The van der Waals surface area contributed by atoms with Crippen LogP contribution in [0.3, 0.4) is 0 Å². The highest BCUT2D eigenvalue weighted by molar-refractivity contribution is 6.55. The van der Waals surface area contributed by atoms with Crippen molar-refractivity contribution in [3.05, 3.63) is 47.4 Å². The van der Waals surface area contributed by atoms with E-state index in [2.05, 4.69) is 33.8 Å². The maximum Gasteiger partial charge on any atom is 0.490 e. The van der Waals surface area contributed by atoms with Crippen LogP contribution in [0.15, 0.2) is 41.9 Å². The lowest BCUT2D eigenvalue weighted by atomic mass is 9.65. The average Bonchev–Trinajstić information content (AvgIpc) is 2.70. The zero-order chi connectivity index (χ0) is 17.4. The summed E-state index contributed by atoms with van der Waals surface area (Å²) >= 11 is 0. The monoisotopic (exact) mass is 328 g/mol. The van der Waals surface area contributed by atoms with Crippen LogP contribution in [0.4, 0.5) is 0 Å². The Morgan fingerprint density at radius 2 is 1.75 bits per heavy atom. The van der Waals surface area contributed by atoms with Crippen LogP contribution in [-0.2, 0) is 14.0 Å². The van der Waals surface area contributed by atoms with E-state index >= 15 is 0 Å². The number of ether oxygens (including phenoxy) is 1. The summed E-state index contributed by atoms with van der Waals surface area (Å²) in [4.78, 5) is 11.9. The fraction of sp³-hybridized carbons (Fsp3) is 0.526. The molecule has 1 aromatic rings. The summed E-state index contributed by atoms with van der Waals surface area (Å²) in [5.41, 5.74) is 1.21. The van der Waals surface area contributed by atoms with E-state index < -0.39 is 0 Å². The van der Waals surface area contributed by atoms with Crippen molar-refractivity contribution >= 4 is 13.1 Å². The molecule has 0 bridgehead atoms. The third kappa shape index (κ3) is 3.42. The lowest BCUT2D eigenvalue weighted by molar-refractivity contribution is 0.00578. The highest BCUT2D eigenvalue weighted by atomic mass is 16.7. The van der Waals surface area contributed by atoms with Gasteiger partial charge in [0.05, 0.1) is 23.4 Å². The van der Waals surface area contributed by atoms with Gasteiger partial charge in [-0.25, -0.2) is 4.79 Å². The first kappa shape index (κ1) is 17.2. The van der Waals surface area contributed by atoms with E-state index in [-0.39, 0.29) is 24.3 Å². The molecule has 1 aromatic carbocycles. The number of benzene rings is 1. The molecule has 128 valence electrons. The van der Waals surface area contributed by atoms with Gasteiger partial charge in [-0.05, 0) is 64.1 Å². The molecule has 1 unspecified atom stereocenters. The van der Waals surface area contributed by atoms with Crippen LogP contribution in [0.5, 0.6) is 0 Å². The van der Waals surface area contributed by atoms with E-state index in [1.165, 1.54) is 5.47 Å². The van der Waals surface area contributed by atoms with E-state index in [0.29, 0.717) is 18.1 Å². The molecule has 0 N–H and O–H groups in total. The molecule has 1 heterocycles. The fourth-order valence-electron chi connectivity index (χ4n) is 2.89. The minimum Gasteiger partial charge on any atom is -0.462 e. The van der Waals surface area contributed by atoms with Crippen molar-refractivity contribution in [1.29, 1.82) is 0 Å². The first-order chi connectivity index (χ1) is 11.3. The molecule has 1 atom stereocenters. The van der Waals surface area contributed by atoms with Crippen LogP contribution in [0, 0.1) is 5.92 Å².